The van der Waals surface area contributed by atoms with Crippen LogP contribution in [0.25, 0.3) is 0 Å². The van der Waals surface area contributed by atoms with E-state index in [1.807, 2.05) is 0 Å². The van der Waals surface area contributed by atoms with Gasteiger partial charge in [0, 0.05) is 15.7 Å². The molecule has 0 heterocycles. The van der Waals surface area contributed by atoms with Crippen LogP contribution in [0.1, 0.15) is 15.9 Å². The average Bonchev–Trinajstić information content (AvgIpc) is 2.39. The molecule has 0 spiro atoms. The van der Waals surface area contributed by atoms with Crippen molar-refractivity contribution in [3.63, 3.8) is 0 Å². The largest absolute Gasteiger partial charge is 0.389 e. The highest BCUT2D eigenvalue weighted by Gasteiger charge is 2.15. The topological polar surface area (TPSA) is 55.1 Å². The zero-order valence-corrected chi connectivity index (χ0v) is 12.6. The Hall–Kier alpha value is -1.79. The highest BCUT2D eigenvalue weighted by Crippen LogP contribution is 2.21. The molecule has 2 aromatic carbocycles. The predicted octanol–water partition coefficient (Wildman–Crippen LogP) is 3.47. The van der Waals surface area contributed by atoms with E-state index in [4.69, 9.17) is 18.0 Å². The highest BCUT2D eigenvalue weighted by atomic mass is 79.9. The molecular formula is C14H10BrFN2OS. The summed E-state index contributed by atoms with van der Waals surface area (Å²) in [4.78, 5) is 12.3. The maximum absolute atomic E-state index is 13.6. The minimum Gasteiger partial charge on any atom is -0.389 e. The van der Waals surface area contributed by atoms with Crippen molar-refractivity contribution in [2.75, 3.05) is 5.32 Å². The normalized spacial score (nSPS) is 10.1. The third-order valence-corrected chi connectivity index (χ3v) is 3.51. The van der Waals surface area contributed by atoms with Crippen LogP contribution in [0.3, 0.4) is 0 Å². The van der Waals surface area contributed by atoms with Gasteiger partial charge in [-0.15, -0.1) is 0 Å². The van der Waals surface area contributed by atoms with E-state index in [2.05, 4.69) is 21.2 Å². The van der Waals surface area contributed by atoms with Gasteiger partial charge in [0.25, 0.3) is 5.91 Å². The summed E-state index contributed by atoms with van der Waals surface area (Å²) >= 11 is 8.00. The molecule has 0 aliphatic carbocycles. The second-order valence-electron chi connectivity index (χ2n) is 3.99. The van der Waals surface area contributed by atoms with Gasteiger partial charge in [-0.25, -0.2) is 4.39 Å². The Kier molecular flexibility index (Phi) is 4.46. The molecule has 0 aromatic heterocycles. The van der Waals surface area contributed by atoms with Crippen molar-refractivity contribution in [1.29, 1.82) is 0 Å². The molecule has 0 aliphatic heterocycles. The summed E-state index contributed by atoms with van der Waals surface area (Å²) in [5.41, 5.74) is 6.68. The van der Waals surface area contributed by atoms with Gasteiger partial charge in [0.15, 0.2) is 0 Å². The number of benzene rings is 2. The van der Waals surface area contributed by atoms with Crippen molar-refractivity contribution < 1.29 is 9.18 Å². The van der Waals surface area contributed by atoms with Crippen LogP contribution in [0.15, 0.2) is 46.9 Å². The SMILES string of the molecule is NC(=S)c1ccc(NC(=O)c2c(F)cccc2Br)cc1. The number of hydrogen-bond acceptors (Lipinski definition) is 2. The van der Waals surface area contributed by atoms with Gasteiger partial charge in [-0.05, 0) is 52.3 Å². The van der Waals surface area contributed by atoms with Crippen molar-refractivity contribution in [2.45, 2.75) is 0 Å². The van der Waals surface area contributed by atoms with E-state index in [1.165, 1.54) is 12.1 Å². The average molecular weight is 353 g/mol. The number of amides is 1. The van der Waals surface area contributed by atoms with Gasteiger partial charge in [-0.3, -0.25) is 4.79 Å². The molecule has 0 fully saturated rings. The minimum absolute atomic E-state index is 0.0362. The quantitative estimate of drug-likeness (QED) is 0.831. The Morgan fingerprint density at radius 3 is 2.40 bits per heavy atom. The van der Waals surface area contributed by atoms with Gasteiger partial charge in [0.05, 0.1) is 5.56 Å². The van der Waals surface area contributed by atoms with Gasteiger partial charge < -0.3 is 11.1 Å². The lowest BCUT2D eigenvalue weighted by Gasteiger charge is -2.08. The molecule has 2 aromatic rings. The van der Waals surface area contributed by atoms with E-state index in [0.29, 0.717) is 15.7 Å². The van der Waals surface area contributed by atoms with Crippen LogP contribution in [0.4, 0.5) is 10.1 Å². The van der Waals surface area contributed by atoms with Crippen LogP contribution < -0.4 is 11.1 Å². The molecule has 0 saturated carbocycles. The zero-order chi connectivity index (χ0) is 14.7. The second kappa shape index (κ2) is 6.11. The number of halogens is 2. The molecule has 3 N–H and O–H groups in total. The number of nitrogens with two attached hydrogens (primary N) is 1. The summed E-state index contributed by atoms with van der Waals surface area (Å²) < 4.78 is 14.0. The third-order valence-electron chi connectivity index (χ3n) is 2.62. The number of anilines is 1. The summed E-state index contributed by atoms with van der Waals surface area (Å²) in [5.74, 6) is -1.12. The first-order valence-corrected chi connectivity index (χ1v) is 6.84. The van der Waals surface area contributed by atoms with Crippen molar-refractivity contribution in [1.82, 2.24) is 0 Å². The maximum atomic E-state index is 13.6. The number of hydrogen-bond donors (Lipinski definition) is 2. The zero-order valence-electron chi connectivity index (χ0n) is 10.2. The van der Waals surface area contributed by atoms with Crippen molar-refractivity contribution in [3.8, 4) is 0 Å². The van der Waals surface area contributed by atoms with E-state index in [-0.39, 0.29) is 10.6 Å². The van der Waals surface area contributed by atoms with E-state index in [0.717, 1.165) is 0 Å². The Bertz CT molecular complexity index is 653. The molecule has 0 bridgehead atoms. The van der Waals surface area contributed by atoms with Crippen LogP contribution in [0, 0.1) is 5.82 Å². The van der Waals surface area contributed by atoms with Crippen molar-refractivity contribution in [2.24, 2.45) is 5.73 Å². The molecule has 6 heteroatoms. The van der Waals surface area contributed by atoms with Crippen LogP contribution in [0.2, 0.25) is 0 Å². The molecule has 0 saturated heterocycles. The monoisotopic (exact) mass is 352 g/mol. The van der Waals surface area contributed by atoms with E-state index < -0.39 is 11.7 Å². The summed E-state index contributed by atoms with van der Waals surface area (Å²) in [6.45, 7) is 0. The van der Waals surface area contributed by atoms with Crippen molar-refractivity contribution in [3.05, 3.63) is 63.9 Å². The standard InChI is InChI=1S/C14H10BrFN2OS/c15-10-2-1-3-11(16)12(10)14(19)18-9-6-4-8(5-7-9)13(17)20/h1-7H,(H2,17,20)(H,18,19). The van der Waals surface area contributed by atoms with Gasteiger partial charge in [-0.2, -0.15) is 0 Å². The fraction of sp³-hybridized carbons (Fsp3) is 0. The summed E-state index contributed by atoms with van der Waals surface area (Å²) in [6, 6.07) is 11.0. The van der Waals surface area contributed by atoms with Crippen LogP contribution >= 0.6 is 28.1 Å². The Labute approximate surface area is 129 Å². The van der Waals surface area contributed by atoms with E-state index in [9.17, 15) is 9.18 Å². The molecule has 2 rings (SSSR count). The lowest BCUT2D eigenvalue weighted by atomic mass is 10.1. The molecule has 3 nitrogen and oxygen atoms in total. The number of carbonyl (C=O) groups excluding carboxylic acids is 1. The third kappa shape index (κ3) is 3.20. The molecular weight excluding hydrogens is 343 g/mol. The van der Waals surface area contributed by atoms with Crippen molar-refractivity contribution >= 4 is 44.7 Å². The first-order valence-electron chi connectivity index (χ1n) is 5.64. The lowest BCUT2D eigenvalue weighted by molar-refractivity contribution is 0.102. The molecule has 1 amide bonds. The van der Waals surface area contributed by atoms with Gasteiger partial charge >= 0.3 is 0 Å². The Morgan fingerprint density at radius 2 is 1.85 bits per heavy atom. The molecule has 0 atom stereocenters. The lowest BCUT2D eigenvalue weighted by Crippen LogP contribution is -2.15. The summed E-state index contributed by atoms with van der Waals surface area (Å²) in [6.07, 6.45) is 0. The van der Waals surface area contributed by atoms with E-state index in [1.54, 1.807) is 30.3 Å². The fourth-order valence-electron chi connectivity index (χ4n) is 1.63. The van der Waals surface area contributed by atoms with Gasteiger partial charge in [0.1, 0.15) is 10.8 Å². The predicted molar refractivity (Wildman–Crippen MR) is 84.4 cm³/mol. The molecule has 102 valence electrons. The van der Waals surface area contributed by atoms with E-state index >= 15 is 0 Å². The van der Waals surface area contributed by atoms with Gasteiger partial charge in [0.2, 0.25) is 0 Å². The smallest absolute Gasteiger partial charge is 0.259 e. The molecule has 20 heavy (non-hydrogen) atoms. The second-order valence-corrected chi connectivity index (χ2v) is 5.29. The van der Waals surface area contributed by atoms with Crippen LogP contribution in [0.5, 0.6) is 0 Å². The number of carbonyl (C=O) groups is 1. The number of rotatable bonds is 3. The Morgan fingerprint density at radius 1 is 1.20 bits per heavy atom. The minimum atomic E-state index is -0.586. The number of nitrogens with one attached hydrogen (secondary N) is 1. The maximum Gasteiger partial charge on any atom is 0.259 e. The first kappa shape index (κ1) is 14.6. The molecule has 0 unspecified atom stereocenters. The fourth-order valence-corrected chi connectivity index (χ4v) is 2.28. The first-order chi connectivity index (χ1) is 9.49. The number of thiocarbonyl (C=S) groups is 1. The van der Waals surface area contributed by atoms with Crippen LogP contribution in [-0.2, 0) is 0 Å². The molecule has 0 aliphatic rings. The van der Waals surface area contributed by atoms with Crippen LogP contribution in [-0.4, -0.2) is 10.9 Å². The summed E-state index contributed by atoms with van der Waals surface area (Å²) in [7, 11) is 0. The Balaban J connectivity index is 2.21. The molecule has 0 radical (unpaired) electrons. The highest BCUT2D eigenvalue weighted by molar-refractivity contribution is 9.10. The summed E-state index contributed by atoms with van der Waals surface area (Å²) in [5, 5.41) is 2.61. The van der Waals surface area contributed by atoms with Gasteiger partial charge in [-0.1, -0.05) is 18.3 Å².